The summed E-state index contributed by atoms with van der Waals surface area (Å²) < 4.78 is 10.8. The zero-order valence-electron chi connectivity index (χ0n) is 11.0. The summed E-state index contributed by atoms with van der Waals surface area (Å²) in [6, 6.07) is 4.32. The Morgan fingerprint density at radius 3 is 2.58 bits per heavy atom. The van der Waals surface area contributed by atoms with E-state index < -0.39 is 12.0 Å². The minimum Gasteiger partial charge on any atom is -0.496 e. The lowest BCUT2D eigenvalue weighted by Crippen LogP contribution is -2.33. The van der Waals surface area contributed by atoms with Crippen molar-refractivity contribution in [3.63, 3.8) is 0 Å². The molecule has 1 atom stereocenters. The Kier molecular flexibility index (Phi) is 5.82. The van der Waals surface area contributed by atoms with Gasteiger partial charge in [0.05, 0.1) is 18.2 Å². The van der Waals surface area contributed by atoms with Crippen LogP contribution in [0.4, 0.5) is 0 Å². The van der Waals surface area contributed by atoms with Gasteiger partial charge < -0.3 is 14.8 Å². The maximum atomic E-state index is 11.9. The molecule has 1 N–H and O–H groups in total. The van der Waals surface area contributed by atoms with Gasteiger partial charge in [-0.3, -0.25) is 4.79 Å². The fourth-order valence-electron chi connectivity index (χ4n) is 1.57. The number of hydrogen-bond acceptors (Lipinski definition) is 4. The third kappa shape index (κ3) is 4.24. The molecule has 5 nitrogen and oxygen atoms in total. The lowest BCUT2D eigenvalue weighted by atomic mass is 10.1. The second kappa shape index (κ2) is 7.13. The second-order valence-corrected chi connectivity index (χ2v) is 4.63. The fraction of sp³-hybridized carbons (Fsp3) is 0.385. The molecular formula is C13H16BrNO4. The molecule has 0 radical (unpaired) electrons. The predicted octanol–water partition coefficient (Wildman–Crippen LogP) is 2.20. The molecule has 0 aliphatic carbocycles. The average Bonchev–Trinajstić information content (AvgIpc) is 2.36. The monoisotopic (exact) mass is 329 g/mol. The largest absolute Gasteiger partial charge is 0.496 e. The van der Waals surface area contributed by atoms with E-state index in [0.717, 1.165) is 0 Å². The number of ether oxygens (including phenoxy) is 2. The molecule has 1 amide bonds. The van der Waals surface area contributed by atoms with E-state index in [2.05, 4.69) is 21.2 Å². The summed E-state index contributed by atoms with van der Waals surface area (Å²) in [5, 5.41) is 2.57. The molecule has 0 spiro atoms. The first-order valence-electron chi connectivity index (χ1n) is 5.76. The van der Waals surface area contributed by atoms with Crippen LogP contribution in [0.3, 0.4) is 0 Å². The van der Waals surface area contributed by atoms with Crippen LogP contribution in [-0.4, -0.2) is 25.6 Å². The Bertz CT molecular complexity index is 476. The first-order valence-corrected chi connectivity index (χ1v) is 6.56. The van der Waals surface area contributed by atoms with Gasteiger partial charge in [0.15, 0.2) is 6.04 Å². The molecule has 6 heteroatoms. The normalized spacial score (nSPS) is 11.6. The predicted molar refractivity (Wildman–Crippen MR) is 73.9 cm³/mol. The summed E-state index contributed by atoms with van der Waals surface area (Å²) in [7, 11) is 1.55. The van der Waals surface area contributed by atoms with Crippen molar-refractivity contribution in [1.82, 2.24) is 5.32 Å². The summed E-state index contributed by atoms with van der Waals surface area (Å²) in [6.07, 6.45) is 0. The van der Waals surface area contributed by atoms with Crippen molar-refractivity contribution in [2.75, 3.05) is 13.7 Å². The Balaban J connectivity index is 3.06. The average molecular weight is 330 g/mol. The van der Waals surface area contributed by atoms with E-state index in [1.807, 2.05) is 0 Å². The fourth-order valence-corrected chi connectivity index (χ4v) is 2.13. The van der Waals surface area contributed by atoms with Gasteiger partial charge in [0.1, 0.15) is 5.75 Å². The third-order valence-electron chi connectivity index (χ3n) is 2.38. The van der Waals surface area contributed by atoms with Gasteiger partial charge in [0, 0.05) is 6.92 Å². The third-order valence-corrected chi connectivity index (χ3v) is 3.00. The maximum Gasteiger partial charge on any atom is 0.333 e. The van der Waals surface area contributed by atoms with Crippen molar-refractivity contribution in [2.24, 2.45) is 0 Å². The number of esters is 1. The zero-order valence-corrected chi connectivity index (χ0v) is 12.6. The lowest BCUT2D eigenvalue weighted by molar-refractivity contribution is -0.147. The van der Waals surface area contributed by atoms with Crippen LogP contribution in [0.5, 0.6) is 5.75 Å². The van der Waals surface area contributed by atoms with Crippen molar-refractivity contribution in [1.29, 1.82) is 0 Å². The van der Waals surface area contributed by atoms with E-state index in [1.165, 1.54) is 6.92 Å². The number of halogens is 1. The van der Waals surface area contributed by atoms with E-state index in [0.29, 0.717) is 15.8 Å². The quantitative estimate of drug-likeness (QED) is 0.841. The number of benzene rings is 1. The van der Waals surface area contributed by atoms with Crippen LogP contribution in [-0.2, 0) is 14.3 Å². The van der Waals surface area contributed by atoms with Crippen molar-refractivity contribution < 1.29 is 19.1 Å². The minimum absolute atomic E-state index is 0.256. The van der Waals surface area contributed by atoms with Crippen molar-refractivity contribution in [3.05, 3.63) is 28.2 Å². The summed E-state index contributed by atoms with van der Waals surface area (Å²) in [6.45, 7) is 3.32. The molecule has 1 rings (SSSR count). The summed E-state index contributed by atoms with van der Waals surface area (Å²) in [5.74, 6) is -0.144. The van der Waals surface area contributed by atoms with Gasteiger partial charge in [0.25, 0.3) is 0 Å². The number of carbonyl (C=O) groups is 2. The number of methoxy groups -OCH3 is 1. The first kappa shape index (κ1) is 15.5. The van der Waals surface area contributed by atoms with Crippen LogP contribution < -0.4 is 10.1 Å². The van der Waals surface area contributed by atoms with E-state index in [4.69, 9.17) is 9.47 Å². The molecular weight excluding hydrogens is 314 g/mol. The van der Waals surface area contributed by atoms with Crippen LogP contribution in [0, 0.1) is 0 Å². The summed E-state index contributed by atoms with van der Waals surface area (Å²) in [4.78, 5) is 23.1. The van der Waals surface area contributed by atoms with E-state index >= 15 is 0 Å². The molecule has 0 heterocycles. The molecule has 19 heavy (non-hydrogen) atoms. The number of hydrogen-bond donors (Lipinski definition) is 1. The maximum absolute atomic E-state index is 11.9. The van der Waals surface area contributed by atoms with E-state index in [-0.39, 0.29) is 12.5 Å². The highest BCUT2D eigenvalue weighted by atomic mass is 79.9. The Hall–Kier alpha value is -1.56. The van der Waals surface area contributed by atoms with Crippen LogP contribution >= 0.6 is 15.9 Å². The van der Waals surface area contributed by atoms with Crippen LogP contribution in [0.2, 0.25) is 0 Å². The number of carbonyl (C=O) groups excluding carboxylic acids is 2. The van der Waals surface area contributed by atoms with Gasteiger partial charge in [-0.25, -0.2) is 4.79 Å². The Morgan fingerprint density at radius 2 is 2.11 bits per heavy atom. The van der Waals surface area contributed by atoms with Crippen molar-refractivity contribution in [3.8, 4) is 5.75 Å². The standard InChI is InChI=1S/C13H16BrNO4/c1-4-19-13(17)12(15-8(2)16)9-5-6-11(18-3)10(14)7-9/h5-7,12H,4H2,1-3H3,(H,15,16)/t12-/m1/s1. The SMILES string of the molecule is CCOC(=O)[C@H](NC(C)=O)c1ccc(OC)c(Br)c1. The smallest absolute Gasteiger partial charge is 0.333 e. The Labute approximate surface area is 120 Å². The van der Waals surface area contributed by atoms with E-state index in [1.54, 1.807) is 32.2 Å². The molecule has 104 valence electrons. The van der Waals surface area contributed by atoms with Crippen LogP contribution in [0.25, 0.3) is 0 Å². The van der Waals surface area contributed by atoms with Crippen molar-refractivity contribution in [2.45, 2.75) is 19.9 Å². The number of amides is 1. The minimum atomic E-state index is -0.820. The van der Waals surface area contributed by atoms with Gasteiger partial charge in [-0.05, 0) is 40.5 Å². The molecule has 1 aromatic rings. The topological polar surface area (TPSA) is 64.6 Å². The molecule has 0 fully saturated rings. The molecule has 0 saturated carbocycles. The first-order chi connectivity index (χ1) is 8.99. The van der Waals surface area contributed by atoms with Gasteiger partial charge in [-0.2, -0.15) is 0 Å². The molecule has 0 aliphatic heterocycles. The molecule has 1 aromatic carbocycles. The lowest BCUT2D eigenvalue weighted by Gasteiger charge is -2.17. The van der Waals surface area contributed by atoms with Crippen molar-refractivity contribution >= 4 is 27.8 Å². The van der Waals surface area contributed by atoms with E-state index in [9.17, 15) is 9.59 Å². The molecule has 0 saturated heterocycles. The van der Waals surface area contributed by atoms with Gasteiger partial charge in [0.2, 0.25) is 5.91 Å². The van der Waals surface area contributed by atoms with Gasteiger partial charge in [-0.15, -0.1) is 0 Å². The second-order valence-electron chi connectivity index (χ2n) is 3.78. The molecule has 0 unspecified atom stereocenters. The van der Waals surface area contributed by atoms with Crippen LogP contribution in [0.15, 0.2) is 22.7 Å². The summed E-state index contributed by atoms with van der Waals surface area (Å²) >= 11 is 3.34. The van der Waals surface area contributed by atoms with Gasteiger partial charge in [-0.1, -0.05) is 6.07 Å². The molecule has 0 bridgehead atoms. The van der Waals surface area contributed by atoms with Gasteiger partial charge >= 0.3 is 5.97 Å². The van der Waals surface area contributed by atoms with Crippen LogP contribution in [0.1, 0.15) is 25.5 Å². The summed E-state index contributed by atoms with van der Waals surface area (Å²) in [5.41, 5.74) is 0.626. The molecule has 0 aliphatic rings. The molecule has 0 aromatic heterocycles. The number of rotatable bonds is 5. The Morgan fingerprint density at radius 1 is 1.42 bits per heavy atom. The highest BCUT2D eigenvalue weighted by Gasteiger charge is 2.23. The zero-order chi connectivity index (χ0) is 14.4. The highest BCUT2D eigenvalue weighted by molar-refractivity contribution is 9.10. The number of nitrogens with one attached hydrogen (secondary N) is 1. The highest BCUT2D eigenvalue weighted by Crippen LogP contribution is 2.28.